The van der Waals surface area contributed by atoms with Gasteiger partial charge >= 0.3 is 0 Å². The van der Waals surface area contributed by atoms with E-state index in [4.69, 9.17) is 4.42 Å². The molecule has 7 heteroatoms. The van der Waals surface area contributed by atoms with Crippen molar-refractivity contribution in [3.05, 3.63) is 72.2 Å². The first-order valence-corrected chi connectivity index (χ1v) is 7.87. The molecule has 0 saturated heterocycles. The third-order valence-electron chi connectivity index (χ3n) is 3.75. The van der Waals surface area contributed by atoms with E-state index < -0.39 is 17.8 Å². The fourth-order valence-electron chi connectivity index (χ4n) is 2.51. The first-order chi connectivity index (χ1) is 12.0. The molecule has 3 rings (SSSR count). The third-order valence-corrected chi connectivity index (χ3v) is 3.75. The highest BCUT2D eigenvalue weighted by Crippen LogP contribution is 2.18. The summed E-state index contributed by atoms with van der Waals surface area (Å²) in [4.78, 5) is 12.3. The van der Waals surface area contributed by atoms with Gasteiger partial charge in [-0.15, -0.1) is 0 Å². The van der Waals surface area contributed by atoms with Crippen LogP contribution in [-0.2, 0) is 0 Å². The molecular formula is C18H18FN3O3. The van der Waals surface area contributed by atoms with E-state index in [-0.39, 0.29) is 17.4 Å². The van der Waals surface area contributed by atoms with Crippen molar-refractivity contribution >= 4 is 5.91 Å². The minimum absolute atomic E-state index is 0.169. The molecule has 0 aliphatic carbocycles. The lowest BCUT2D eigenvalue weighted by Gasteiger charge is -2.16. The number of carbonyl (C=O) groups is 1. The van der Waals surface area contributed by atoms with Crippen molar-refractivity contribution in [1.82, 2.24) is 15.1 Å². The molecular weight excluding hydrogens is 325 g/mol. The van der Waals surface area contributed by atoms with Crippen LogP contribution < -0.4 is 5.32 Å². The predicted molar refractivity (Wildman–Crippen MR) is 88.7 cm³/mol. The van der Waals surface area contributed by atoms with Gasteiger partial charge in [0.05, 0.1) is 6.26 Å². The van der Waals surface area contributed by atoms with Crippen molar-refractivity contribution < 1.29 is 18.7 Å². The summed E-state index contributed by atoms with van der Waals surface area (Å²) in [6.07, 6.45) is 2.50. The van der Waals surface area contributed by atoms with Gasteiger partial charge in [-0.3, -0.25) is 4.79 Å². The Labute approximate surface area is 143 Å². The monoisotopic (exact) mass is 343 g/mol. The molecule has 0 bridgehead atoms. The Balaban J connectivity index is 1.63. The zero-order valence-electron chi connectivity index (χ0n) is 13.6. The molecule has 2 aromatic heterocycles. The molecule has 6 nitrogen and oxygen atoms in total. The quantitative estimate of drug-likeness (QED) is 0.721. The maximum absolute atomic E-state index is 13.8. The van der Waals surface area contributed by atoms with E-state index in [0.717, 1.165) is 0 Å². The summed E-state index contributed by atoms with van der Waals surface area (Å²) >= 11 is 0. The molecule has 25 heavy (non-hydrogen) atoms. The number of benzene rings is 1. The van der Waals surface area contributed by atoms with Crippen molar-refractivity contribution in [2.75, 3.05) is 0 Å². The van der Waals surface area contributed by atoms with Gasteiger partial charge in [0.15, 0.2) is 5.69 Å². The Morgan fingerprint density at radius 3 is 2.84 bits per heavy atom. The summed E-state index contributed by atoms with van der Waals surface area (Å²) in [5.41, 5.74) is 0.436. The SMILES string of the molecule is CC(CC(O)c1ccco1)NC(=O)c1ccn(-c2ccccc2F)n1. The number of aliphatic hydroxyl groups excluding tert-OH is 1. The molecule has 0 saturated carbocycles. The predicted octanol–water partition coefficient (Wildman–Crippen LogP) is 2.85. The molecule has 2 N–H and O–H groups in total. The zero-order chi connectivity index (χ0) is 17.8. The number of aliphatic hydroxyl groups is 1. The summed E-state index contributed by atoms with van der Waals surface area (Å²) in [6.45, 7) is 1.78. The van der Waals surface area contributed by atoms with Gasteiger partial charge < -0.3 is 14.8 Å². The van der Waals surface area contributed by atoms with Crippen LogP contribution in [-0.4, -0.2) is 26.8 Å². The van der Waals surface area contributed by atoms with Crippen LogP contribution in [0.1, 0.15) is 35.7 Å². The van der Waals surface area contributed by atoms with Crippen LogP contribution in [0, 0.1) is 5.82 Å². The summed E-state index contributed by atoms with van der Waals surface area (Å²) in [5.74, 6) is -0.369. The molecule has 2 heterocycles. The van der Waals surface area contributed by atoms with Gasteiger partial charge in [0.1, 0.15) is 23.4 Å². The number of aromatic nitrogens is 2. The zero-order valence-corrected chi connectivity index (χ0v) is 13.6. The number of hydrogen-bond donors (Lipinski definition) is 2. The topological polar surface area (TPSA) is 80.3 Å². The van der Waals surface area contributed by atoms with Crippen LogP contribution in [0.3, 0.4) is 0 Å². The van der Waals surface area contributed by atoms with Crippen LogP contribution in [0.25, 0.3) is 5.69 Å². The number of rotatable bonds is 6. The van der Waals surface area contributed by atoms with E-state index in [2.05, 4.69) is 10.4 Å². The van der Waals surface area contributed by atoms with E-state index in [0.29, 0.717) is 12.2 Å². The Kier molecular flexibility index (Phi) is 4.95. The van der Waals surface area contributed by atoms with Gasteiger partial charge in [0.2, 0.25) is 0 Å². The Bertz CT molecular complexity index is 845. The van der Waals surface area contributed by atoms with Gasteiger partial charge in [0.25, 0.3) is 5.91 Å². The van der Waals surface area contributed by atoms with Crippen LogP contribution in [0.5, 0.6) is 0 Å². The average molecular weight is 343 g/mol. The van der Waals surface area contributed by atoms with E-state index in [9.17, 15) is 14.3 Å². The smallest absolute Gasteiger partial charge is 0.272 e. The summed E-state index contributed by atoms with van der Waals surface area (Å²) in [6, 6.07) is 10.8. The van der Waals surface area contributed by atoms with Crippen LogP contribution in [0.15, 0.2) is 59.3 Å². The number of para-hydroxylation sites is 1. The lowest BCUT2D eigenvalue weighted by molar-refractivity contribution is 0.0898. The maximum atomic E-state index is 13.8. The number of hydrogen-bond acceptors (Lipinski definition) is 4. The van der Waals surface area contributed by atoms with Crippen LogP contribution >= 0.6 is 0 Å². The molecule has 130 valence electrons. The van der Waals surface area contributed by atoms with E-state index in [1.54, 1.807) is 37.3 Å². The van der Waals surface area contributed by atoms with Gasteiger partial charge in [-0.2, -0.15) is 5.10 Å². The van der Waals surface area contributed by atoms with Crippen molar-refractivity contribution in [2.24, 2.45) is 0 Å². The summed E-state index contributed by atoms with van der Waals surface area (Å²) < 4.78 is 20.2. The lowest BCUT2D eigenvalue weighted by atomic mass is 10.1. The minimum Gasteiger partial charge on any atom is -0.467 e. The fraction of sp³-hybridized carbons (Fsp3) is 0.222. The third kappa shape index (κ3) is 3.95. The molecule has 2 atom stereocenters. The first-order valence-electron chi connectivity index (χ1n) is 7.87. The van der Waals surface area contributed by atoms with Crippen molar-refractivity contribution in [1.29, 1.82) is 0 Å². The summed E-state index contributed by atoms with van der Waals surface area (Å²) in [7, 11) is 0. The second-order valence-electron chi connectivity index (χ2n) is 5.74. The molecule has 2 unspecified atom stereocenters. The number of carbonyl (C=O) groups excluding carboxylic acids is 1. The highest BCUT2D eigenvalue weighted by molar-refractivity contribution is 5.92. The van der Waals surface area contributed by atoms with E-state index in [1.165, 1.54) is 29.3 Å². The lowest BCUT2D eigenvalue weighted by Crippen LogP contribution is -2.34. The Hall–Kier alpha value is -2.93. The molecule has 1 amide bonds. The van der Waals surface area contributed by atoms with Crippen LogP contribution in [0.4, 0.5) is 4.39 Å². The second-order valence-corrected chi connectivity index (χ2v) is 5.74. The highest BCUT2D eigenvalue weighted by atomic mass is 19.1. The first kappa shape index (κ1) is 16.9. The number of amides is 1. The Morgan fingerprint density at radius 1 is 1.32 bits per heavy atom. The van der Waals surface area contributed by atoms with Crippen molar-refractivity contribution in [2.45, 2.75) is 25.5 Å². The molecule has 1 aromatic carbocycles. The molecule has 0 aliphatic rings. The standard InChI is InChI=1S/C18H18FN3O3/c1-12(11-16(23)17-7-4-10-25-17)20-18(24)14-8-9-22(21-14)15-6-3-2-5-13(15)19/h2-10,12,16,23H,11H2,1H3,(H,20,24). The molecule has 0 aliphatic heterocycles. The molecule has 0 spiro atoms. The second kappa shape index (κ2) is 7.31. The van der Waals surface area contributed by atoms with Gasteiger partial charge in [-0.05, 0) is 37.3 Å². The number of halogens is 1. The minimum atomic E-state index is -0.804. The summed E-state index contributed by atoms with van der Waals surface area (Å²) in [5, 5.41) is 16.9. The van der Waals surface area contributed by atoms with Gasteiger partial charge in [-0.25, -0.2) is 9.07 Å². The number of nitrogens with one attached hydrogen (secondary N) is 1. The normalized spacial score (nSPS) is 13.4. The number of furan rings is 1. The van der Waals surface area contributed by atoms with Crippen molar-refractivity contribution in [3.63, 3.8) is 0 Å². The molecule has 3 aromatic rings. The highest BCUT2D eigenvalue weighted by Gasteiger charge is 2.18. The van der Waals surface area contributed by atoms with Crippen molar-refractivity contribution in [3.8, 4) is 5.69 Å². The Morgan fingerprint density at radius 2 is 2.12 bits per heavy atom. The van der Waals surface area contributed by atoms with Gasteiger partial charge in [-0.1, -0.05) is 12.1 Å². The number of nitrogens with zero attached hydrogens (tertiary/aromatic N) is 2. The molecule has 0 radical (unpaired) electrons. The maximum Gasteiger partial charge on any atom is 0.272 e. The van der Waals surface area contributed by atoms with Gasteiger partial charge in [0, 0.05) is 18.7 Å². The average Bonchev–Trinajstić information content (AvgIpc) is 3.27. The largest absolute Gasteiger partial charge is 0.467 e. The van der Waals surface area contributed by atoms with Crippen LogP contribution in [0.2, 0.25) is 0 Å². The molecule has 0 fully saturated rings. The fourth-order valence-corrected chi connectivity index (χ4v) is 2.51. The van der Waals surface area contributed by atoms with E-state index in [1.807, 2.05) is 0 Å². The van der Waals surface area contributed by atoms with E-state index >= 15 is 0 Å².